The van der Waals surface area contributed by atoms with Gasteiger partial charge in [-0.1, -0.05) is 48.4 Å². The van der Waals surface area contributed by atoms with E-state index < -0.39 is 6.03 Å². The zero-order valence-electron chi connectivity index (χ0n) is 23.6. The summed E-state index contributed by atoms with van der Waals surface area (Å²) < 4.78 is 0. The van der Waals surface area contributed by atoms with Crippen molar-refractivity contribution in [3.05, 3.63) is 117 Å². The van der Waals surface area contributed by atoms with Gasteiger partial charge in [-0.3, -0.25) is 4.90 Å². The summed E-state index contributed by atoms with van der Waals surface area (Å²) in [5, 5.41) is 24.9. The molecule has 0 fully saturated rings. The second-order valence-electron chi connectivity index (χ2n) is 9.19. The number of halogens is 2. The van der Waals surface area contributed by atoms with Crippen molar-refractivity contribution in [1.29, 1.82) is 10.7 Å². The van der Waals surface area contributed by atoms with E-state index in [-0.39, 0.29) is 12.5 Å². The van der Waals surface area contributed by atoms with Crippen molar-refractivity contribution in [2.75, 3.05) is 6.54 Å². The van der Waals surface area contributed by atoms with Gasteiger partial charge < -0.3 is 16.0 Å². The Hall–Kier alpha value is -4.32. The maximum atomic E-state index is 13.5. The van der Waals surface area contributed by atoms with Crippen LogP contribution >= 0.6 is 23.2 Å². The second-order valence-corrected chi connectivity index (χ2v) is 10.0. The monoisotopic (exact) mass is 589 g/mol. The Balaban J connectivity index is 2.07. The van der Waals surface area contributed by atoms with Gasteiger partial charge in [0.1, 0.15) is 5.82 Å². The molecule has 0 radical (unpaired) electrons. The van der Waals surface area contributed by atoms with Crippen molar-refractivity contribution in [3.8, 4) is 6.07 Å². The lowest BCUT2D eigenvalue weighted by Crippen LogP contribution is -2.50. The lowest BCUT2D eigenvalue weighted by molar-refractivity contribution is 0.215. The summed E-state index contributed by atoms with van der Waals surface area (Å²) in [6, 6.07) is 6.56. The van der Waals surface area contributed by atoms with Crippen LogP contribution in [-0.4, -0.2) is 34.0 Å². The zero-order chi connectivity index (χ0) is 30.1. The molecule has 1 aromatic carbocycles. The molecule has 0 atom stereocenters. The van der Waals surface area contributed by atoms with Crippen LogP contribution in [0.25, 0.3) is 0 Å². The average molecular weight is 591 g/mol. The summed E-state index contributed by atoms with van der Waals surface area (Å²) in [6.07, 6.45) is 13.1. The van der Waals surface area contributed by atoms with Gasteiger partial charge in [0.25, 0.3) is 0 Å². The Kier molecular flexibility index (Phi) is 10.9. The van der Waals surface area contributed by atoms with Gasteiger partial charge in [-0.25, -0.2) is 9.69 Å². The first-order valence-electron chi connectivity index (χ1n) is 13.1. The number of benzene rings is 1. The molecule has 0 aromatic heterocycles. The van der Waals surface area contributed by atoms with Gasteiger partial charge in [-0.15, -0.1) is 0 Å². The third-order valence-corrected chi connectivity index (χ3v) is 6.86. The van der Waals surface area contributed by atoms with E-state index >= 15 is 0 Å². The lowest BCUT2D eigenvalue weighted by Gasteiger charge is -2.38. The molecule has 41 heavy (non-hydrogen) atoms. The molecule has 3 rings (SSSR count). The number of aliphatic imine (C=N–C) groups is 1. The molecular formula is C31H33Cl2N7O. The minimum absolute atomic E-state index is 0.166. The molecule has 2 amide bonds. The van der Waals surface area contributed by atoms with Crippen molar-refractivity contribution in [3.63, 3.8) is 0 Å². The SMILES string of the molecule is C=C1N(Cc2cc(C#N)ccc2Cl)C(NC2=C/C(=C/NCC)C(=N)C=C2)=NC(=O)N1C(/C=C(Cl)\C=C(/C)CC)=C/C. The van der Waals surface area contributed by atoms with E-state index in [1.165, 1.54) is 4.90 Å². The highest BCUT2D eigenvalue weighted by Gasteiger charge is 2.33. The molecule has 1 aromatic rings. The van der Waals surface area contributed by atoms with Crippen molar-refractivity contribution in [2.24, 2.45) is 4.99 Å². The number of amides is 2. The third-order valence-electron chi connectivity index (χ3n) is 6.27. The third kappa shape index (κ3) is 7.88. The quantitative estimate of drug-likeness (QED) is 0.263. The molecule has 212 valence electrons. The number of rotatable bonds is 9. The number of nitriles is 1. The standard InChI is InChI=1S/C31H33Cl2N7O/c1-6-20(4)13-25(32)16-27(7-2)40-21(5)39(19-24-14-22(17-34)9-11-28(24)33)30(38-31(40)41)37-26-10-12-29(35)23(15-26)18-36-8-3/h7,9-16,18,35-36H,5-6,8,19H2,1-4H3,(H,37,38,41)/b20-13+,23-18-,25-16+,27-7+,35-29?. The van der Waals surface area contributed by atoms with Gasteiger partial charge in [0, 0.05) is 39.8 Å². The Labute approximate surface area is 251 Å². The molecule has 3 N–H and O–H groups in total. The largest absolute Gasteiger partial charge is 0.391 e. The van der Waals surface area contributed by atoms with Crippen LogP contribution in [0.15, 0.2) is 106 Å². The van der Waals surface area contributed by atoms with E-state index in [0.717, 1.165) is 12.0 Å². The van der Waals surface area contributed by atoms with Gasteiger partial charge in [0.15, 0.2) is 0 Å². The normalized spacial score (nSPS) is 17.5. The lowest BCUT2D eigenvalue weighted by atomic mass is 10.0. The van der Waals surface area contributed by atoms with Crippen LogP contribution in [0.1, 0.15) is 45.2 Å². The van der Waals surface area contributed by atoms with Gasteiger partial charge >= 0.3 is 6.03 Å². The molecule has 1 aliphatic carbocycles. The molecule has 1 heterocycles. The highest BCUT2D eigenvalue weighted by atomic mass is 35.5. The molecule has 0 saturated carbocycles. The summed E-state index contributed by atoms with van der Waals surface area (Å²) in [5.41, 5.74) is 4.32. The van der Waals surface area contributed by atoms with E-state index in [4.69, 9.17) is 28.6 Å². The van der Waals surface area contributed by atoms with Crippen LogP contribution in [0.3, 0.4) is 0 Å². The highest BCUT2D eigenvalue weighted by molar-refractivity contribution is 6.31. The first-order valence-corrected chi connectivity index (χ1v) is 13.8. The summed E-state index contributed by atoms with van der Waals surface area (Å²) in [7, 11) is 0. The summed E-state index contributed by atoms with van der Waals surface area (Å²) in [4.78, 5) is 20.9. The van der Waals surface area contributed by atoms with Crippen LogP contribution < -0.4 is 10.6 Å². The molecule has 8 nitrogen and oxygen atoms in total. The van der Waals surface area contributed by atoms with Crippen LogP contribution in [0.4, 0.5) is 4.79 Å². The van der Waals surface area contributed by atoms with Gasteiger partial charge in [-0.2, -0.15) is 10.3 Å². The Bertz CT molecular complexity index is 1500. The smallest absolute Gasteiger partial charge is 0.357 e. The minimum Gasteiger partial charge on any atom is -0.391 e. The first-order chi connectivity index (χ1) is 19.6. The van der Waals surface area contributed by atoms with E-state index in [0.29, 0.717) is 56.2 Å². The number of carbonyl (C=O) groups excluding carboxylic acids is 1. The van der Waals surface area contributed by atoms with Crippen LogP contribution in [-0.2, 0) is 6.54 Å². The number of allylic oxidation sites excluding steroid dienone is 9. The first kappa shape index (κ1) is 31.2. The molecule has 1 aliphatic heterocycles. The van der Waals surface area contributed by atoms with Gasteiger partial charge in [-0.05, 0) is 81.3 Å². The number of hydrogen-bond donors (Lipinski definition) is 3. The topological polar surface area (TPSA) is 108 Å². The minimum atomic E-state index is -0.563. The van der Waals surface area contributed by atoms with Crippen molar-refractivity contribution in [1.82, 2.24) is 20.4 Å². The molecular weight excluding hydrogens is 557 g/mol. The molecule has 0 unspecified atom stereocenters. The fourth-order valence-corrected chi connectivity index (χ4v) is 4.38. The summed E-state index contributed by atoms with van der Waals surface area (Å²) in [6.45, 7) is 12.9. The van der Waals surface area contributed by atoms with E-state index in [1.807, 2.05) is 26.8 Å². The number of hydrogen-bond acceptors (Lipinski definition) is 6. The molecule has 0 saturated heterocycles. The number of urea groups is 1. The Morgan fingerprint density at radius 3 is 2.68 bits per heavy atom. The molecule has 0 bridgehead atoms. The number of nitrogens with one attached hydrogen (secondary N) is 3. The number of carbonyl (C=O) groups is 1. The van der Waals surface area contributed by atoms with Crippen molar-refractivity contribution in [2.45, 2.75) is 40.7 Å². The van der Waals surface area contributed by atoms with Gasteiger partial charge in [0.2, 0.25) is 5.96 Å². The summed E-state index contributed by atoms with van der Waals surface area (Å²) >= 11 is 13.0. The van der Waals surface area contributed by atoms with Crippen molar-refractivity contribution < 1.29 is 4.79 Å². The molecule has 0 spiro atoms. The predicted octanol–water partition coefficient (Wildman–Crippen LogP) is 7.22. The van der Waals surface area contributed by atoms with Gasteiger partial charge in [0.05, 0.1) is 23.9 Å². The average Bonchev–Trinajstić information content (AvgIpc) is 2.95. The summed E-state index contributed by atoms with van der Waals surface area (Å²) in [5.74, 6) is 0.529. The predicted molar refractivity (Wildman–Crippen MR) is 167 cm³/mol. The molecule has 10 heteroatoms. The van der Waals surface area contributed by atoms with Crippen LogP contribution in [0.2, 0.25) is 5.02 Å². The molecule has 2 aliphatic rings. The Morgan fingerprint density at radius 1 is 1.27 bits per heavy atom. The fourth-order valence-electron chi connectivity index (χ4n) is 3.91. The van der Waals surface area contributed by atoms with Crippen LogP contribution in [0.5, 0.6) is 0 Å². The highest BCUT2D eigenvalue weighted by Crippen LogP contribution is 2.29. The zero-order valence-corrected chi connectivity index (χ0v) is 25.1. The Morgan fingerprint density at radius 2 is 2.02 bits per heavy atom. The maximum absolute atomic E-state index is 13.5. The number of nitrogens with zero attached hydrogens (tertiary/aromatic N) is 4. The van der Waals surface area contributed by atoms with Crippen molar-refractivity contribution >= 4 is 40.9 Å². The number of guanidine groups is 1. The van der Waals surface area contributed by atoms with E-state index in [9.17, 15) is 10.1 Å². The van der Waals surface area contributed by atoms with E-state index in [2.05, 4.69) is 28.3 Å². The van der Waals surface area contributed by atoms with Crippen LogP contribution in [0, 0.1) is 16.7 Å². The second kappa shape index (κ2) is 14.4. The fraction of sp³-hybridized carbons (Fsp3) is 0.226. The van der Waals surface area contributed by atoms with E-state index in [1.54, 1.807) is 66.6 Å². The maximum Gasteiger partial charge on any atom is 0.357 e.